The van der Waals surface area contributed by atoms with E-state index >= 15 is 0 Å². The van der Waals surface area contributed by atoms with E-state index in [1.54, 1.807) is 31.2 Å². The minimum atomic E-state index is -0.904. The number of nitriles is 1. The molecule has 0 aliphatic heterocycles. The second-order valence-electron chi connectivity index (χ2n) is 5.49. The van der Waals surface area contributed by atoms with Crippen molar-refractivity contribution in [3.05, 3.63) is 29.8 Å². The van der Waals surface area contributed by atoms with Crippen molar-refractivity contribution in [2.24, 2.45) is 5.92 Å². The van der Waals surface area contributed by atoms with E-state index in [0.717, 1.165) is 12.1 Å². The van der Waals surface area contributed by atoms with Crippen LogP contribution in [0.3, 0.4) is 0 Å². The fraction of sp³-hybridized carbons (Fsp3) is 0.500. The maximum atomic E-state index is 11.8. The third kappa shape index (κ3) is 5.44. The van der Waals surface area contributed by atoms with Crippen LogP contribution in [0, 0.1) is 17.2 Å². The maximum Gasteiger partial charge on any atom is 0.239 e. The van der Waals surface area contributed by atoms with E-state index < -0.39 is 5.60 Å². The predicted molar refractivity (Wildman–Crippen MR) is 82.7 cm³/mol. The molecule has 0 aliphatic rings. The number of hydrogen-bond donors (Lipinski definition) is 3. The number of carbonyl (C=O) groups excluding carboxylic acids is 1. The molecule has 1 aromatic rings. The first kappa shape index (κ1) is 17.0. The third-order valence-electron chi connectivity index (χ3n) is 3.78. The lowest BCUT2D eigenvalue weighted by Crippen LogP contribution is -2.46. The Hall–Kier alpha value is -2.06. The molecule has 5 nitrogen and oxygen atoms in total. The summed E-state index contributed by atoms with van der Waals surface area (Å²) in [5.41, 5.74) is 0.450. The zero-order chi connectivity index (χ0) is 15.9. The number of aliphatic hydroxyl groups is 1. The Morgan fingerprint density at radius 3 is 2.57 bits per heavy atom. The second kappa shape index (κ2) is 7.65. The van der Waals surface area contributed by atoms with Gasteiger partial charge in [-0.15, -0.1) is 0 Å². The number of nitrogens with zero attached hydrogens (tertiary/aromatic N) is 1. The van der Waals surface area contributed by atoms with Gasteiger partial charge in [-0.25, -0.2) is 0 Å². The summed E-state index contributed by atoms with van der Waals surface area (Å²) in [6.45, 7) is 6.06. The van der Waals surface area contributed by atoms with Crippen LogP contribution >= 0.6 is 0 Å². The zero-order valence-electron chi connectivity index (χ0n) is 12.8. The molecule has 21 heavy (non-hydrogen) atoms. The highest BCUT2D eigenvalue weighted by atomic mass is 16.3. The smallest absolute Gasteiger partial charge is 0.239 e. The fourth-order valence-electron chi connectivity index (χ4n) is 1.80. The second-order valence-corrected chi connectivity index (χ2v) is 5.49. The van der Waals surface area contributed by atoms with Crippen LogP contribution in [-0.2, 0) is 4.79 Å². The monoisotopic (exact) mass is 289 g/mol. The molecule has 0 fully saturated rings. The van der Waals surface area contributed by atoms with E-state index in [1.165, 1.54) is 0 Å². The van der Waals surface area contributed by atoms with Crippen LogP contribution in [-0.4, -0.2) is 29.7 Å². The van der Waals surface area contributed by atoms with Crippen molar-refractivity contribution in [3.63, 3.8) is 0 Å². The third-order valence-corrected chi connectivity index (χ3v) is 3.78. The summed E-state index contributed by atoms with van der Waals surface area (Å²) >= 11 is 0. The number of carbonyl (C=O) groups is 1. The number of anilines is 1. The molecule has 3 N–H and O–H groups in total. The molecule has 1 aromatic carbocycles. The van der Waals surface area contributed by atoms with E-state index in [4.69, 9.17) is 5.26 Å². The molecule has 0 aliphatic carbocycles. The van der Waals surface area contributed by atoms with Crippen LogP contribution < -0.4 is 10.6 Å². The molecule has 2 atom stereocenters. The summed E-state index contributed by atoms with van der Waals surface area (Å²) in [4.78, 5) is 11.8. The Kier molecular flexibility index (Phi) is 6.19. The average Bonchev–Trinajstić information content (AvgIpc) is 2.50. The van der Waals surface area contributed by atoms with Crippen molar-refractivity contribution < 1.29 is 9.90 Å². The zero-order valence-corrected chi connectivity index (χ0v) is 12.8. The number of benzene rings is 1. The molecular formula is C16H23N3O2. The molecule has 0 aromatic heterocycles. The molecule has 1 amide bonds. The Morgan fingerprint density at radius 1 is 1.43 bits per heavy atom. The van der Waals surface area contributed by atoms with Gasteiger partial charge < -0.3 is 15.7 Å². The molecule has 0 heterocycles. The van der Waals surface area contributed by atoms with E-state index in [-0.39, 0.29) is 24.9 Å². The maximum absolute atomic E-state index is 11.8. The standard InChI is InChI=1S/C16H23N3O2/c1-4-12(2)16(3,21)11-19-15(20)10-18-14-7-5-13(9-17)6-8-14/h5-8,12,18,21H,4,10-11H2,1-3H3,(H,19,20). The highest BCUT2D eigenvalue weighted by molar-refractivity contribution is 5.80. The summed E-state index contributed by atoms with van der Waals surface area (Å²) in [7, 11) is 0. The topological polar surface area (TPSA) is 85.2 Å². The van der Waals surface area contributed by atoms with Gasteiger partial charge >= 0.3 is 0 Å². The molecule has 0 radical (unpaired) electrons. The van der Waals surface area contributed by atoms with Crippen molar-refractivity contribution >= 4 is 11.6 Å². The average molecular weight is 289 g/mol. The van der Waals surface area contributed by atoms with Gasteiger partial charge in [0.25, 0.3) is 0 Å². The molecule has 2 unspecified atom stereocenters. The first-order chi connectivity index (χ1) is 9.89. The Morgan fingerprint density at radius 2 is 2.05 bits per heavy atom. The molecule has 114 valence electrons. The van der Waals surface area contributed by atoms with Gasteiger partial charge in [-0.1, -0.05) is 20.3 Å². The van der Waals surface area contributed by atoms with Crippen LogP contribution in [0.4, 0.5) is 5.69 Å². The molecule has 5 heteroatoms. The van der Waals surface area contributed by atoms with Gasteiger partial charge in [0.05, 0.1) is 23.8 Å². The van der Waals surface area contributed by atoms with Gasteiger partial charge in [0.2, 0.25) is 5.91 Å². The summed E-state index contributed by atoms with van der Waals surface area (Å²) in [5.74, 6) is -0.0628. The molecule has 0 saturated carbocycles. The van der Waals surface area contributed by atoms with Crippen molar-refractivity contribution in [1.82, 2.24) is 5.32 Å². The van der Waals surface area contributed by atoms with E-state index in [2.05, 4.69) is 10.6 Å². The lowest BCUT2D eigenvalue weighted by Gasteiger charge is -2.29. The minimum Gasteiger partial charge on any atom is -0.388 e. The molecule has 1 rings (SSSR count). The van der Waals surface area contributed by atoms with Gasteiger partial charge in [0.15, 0.2) is 0 Å². The van der Waals surface area contributed by atoms with Crippen molar-refractivity contribution in [2.45, 2.75) is 32.8 Å². The van der Waals surface area contributed by atoms with Gasteiger partial charge in [0.1, 0.15) is 0 Å². The first-order valence-corrected chi connectivity index (χ1v) is 7.12. The number of amides is 1. The summed E-state index contributed by atoms with van der Waals surface area (Å²) < 4.78 is 0. The van der Waals surface area contributed by atoms with E-state index in [0.29, 0.717) is 5.56 Å². The Bertz CT molecular complexity index is 503. The largest absolute Gasteiger partial charge is 0.388 e. The highest BCUT2D eigenvalue weighted by Gasteiger charge is 2.27. The number of hydrogen-bond acceptors (Lipinski definition) is 4. The molecule has 0 saturated heterocycles. The summed E-state index contributed by atoms with van der Waals surface area (Å²) in [6.07, 6.45) is 0.854. The van der Waals surface area contributed by atoms with Gasteiger partial charge in [0, 0.05) is 12.2 Å². The quantitative estimate of drug-likeness (QED) is 0.715. The lowest BCUT2D eigenvalue weighted by molar-refractivity contribution is -0.121. The molecule has 0 spiro atoms. The summed E-state index contributed by atoms with van der Waals surface area (Å²) in [5, 5.41) is 24.6. The highest BCUT2D eigenvalue weighted by Crippen LogP contribution is 2.18. The first-order valence-electron chi connectivity index (χ1n) is 7.12. The number of rotatable bonds is 7. The van der Waals surface area contributed by atoms with Gasteiger partial charge in [-0.2, -0.15) is 5.26 Å². The van der Waals surface area contributed by atoms with Crippen LogP contribution in [0.15, 0.2) is 24.3 Å². The van der Waals surface area contributed by atoms with Gasteiger partial charge in [-0.3, -0.25) is 4.79 Å². The molecular weight excluding hydrogens is 266 g/mol. The van der Waals surface area contributed by atoms with Crippen molar-refractivity contribution in [2.75, 3.05) is 18.4 Å². The predicted octanol–water partition coefficient (Wildman–Crippen LogP) is 1.88. The van der Waals surface area contributed by atoms with Crippen molar-refractivity contribution in [1.29, 1.82) is 5.26 Å². The SMILES string of the molecule is CCC(C)C(C)(O)CNC(=O)CNc1ccc(C#N)cc1. The summed E-state index contributed by atoms with van der Waals surface area (Å²) in [6, 6.07) is 8.92. The van der Waals surface area contributed by atoms with Crippen LogP contribution in [0.2, 0.25) is 0 Å². The fourth-order valence-corrected chi connectivity index (χ4v) is 1.80. The Labute approximate surface area is 126 Å². The number of nitrogens with one attached hydrogen (secondary N) is 2. The van der Waals surface area contributed by atoms with Gasteiger partial charge in [-0.05, 0) is 37.1 Å². The van der Waals surface area contributed by atoms with E-state index in [1.807, 2.05) is 19.9 Å². The lowest BCUT2D eigenvalue weighted by atomic mass is 9.89. The normalized spacial score (nSPS) is 14.6. The van der Waals surface area contributed by atoms with Crippen LogP contribution in [0.5, 0.6) is 0 Å². The molecule has 0 bridgehead atoms. The minimum absolute atomic E-state index is 0.115. The van der Waals surface area contributed by atoms with Crippen LogP contribution in [0.25, 0.3) is 0 Å². The van der Waals surface area contributed by atoms with E-state index in [9.17, 15) is 9.90 Å². The van der Waals surface area contributed by atoms with Crippen molar-refractivity contribution in [3.8, 4) is 6.07 Å². The Balaban J connectivity index is 2.39. The van der Waals surface area contributed by atoms with Crippen LogP contribution in [0.1, 0.15) is 32.8 Å².